The fourth-order valence-electron chi connectivity index (χ4n) is 2.62. The molecule has 3 heteroatoms. The number of carbonyl (C=O) groups excluding carboxylic acids is 1. The minimum atomic E-state index is 0.0259. The van der Waals surface area contributed by atoms with Crippen LogP contribution >= 0.6 is 0 Å². The van der Waals surface area contributed by atoms with Crippen molar-refractivity contribution < 1.29 is 4.79 Å². The van der Waals surface area contributed by atoms with Crippen molar-refractivity contribution in [1.82, 2.24) is 5.32 Å². The summed E-state index contributed by atoms with van der Waals surface area (Å²) in [5, 5.41) is 3.00. The molecule has 3 nitrogen and oxygen atoms in total. The summed E-state index contributed by atoms with van der Waals surface area (Å²) in [4.78, 5) is 14.8. The number of hydrogen-bond donors (Lipinski definition) is 1. The molecule has 0 spiro atoms. The van der Waals surface area contributed by atoms with Crippen molar-refractivity contribution >= 4 is 17.2 Å². The number of fused-ring (bicyclic) bond motifs is 1. The number of rotatable bonds is 4. The summed E-state index contributed by atoms with van der Waals surface area (Å²) in [6.45, 7) is 12.6. The fraction of sp³-hybridized carbons (Fsp3) is 0.526. The Balaban J connectivity index is 2.22. The van der Waals surface area contributed by atoms with Crippen molar-refractivity contribution in [2.75, 3.05) is 18.0 Å². The van der Waals surface area contributed by atoms with Gasteiger partial charge in [0.2, 0.25) is 0 Å². The SMILES string of the molecule is CC(C)NC(=O)C1=CCN(CCC(C)(C)C)c2ccccc21. The predicted molar refractivity (Wildman–Crippen MR) is 94.0 cm³/mol. The van der Waals surface area contributed by atoms with Gasteiger partial charge in [-0.05, 0) is 31.7 Å². The van der Waals surface area contributed by atoms with E-state index in [2.05, 4.69) is 43.1 Å². The second kappa shape index (κ2) is 6.55. The zero-order valence-electron chi connectivity index (χ0n) is 14.4. The summed E-state index contributed by atoms with van der Waals surface area (Å²) in [6.07, 6.45) is 3.19. The van der Waals surface area contributed by atoms with Gasteiger partial charge in [-0.2, -0.15) is 0 Å². The zero-order chi connectivity index (χ0) is 16.3. The van der Waals surface area contributed by atoms with Crippen LogP contribution in [0.15, 0.2) is 30.3 Å². The Morgan fingerprint density at radius 3 is 2.59 bits per heavy atom. The van der Waals surface area contributed by atoms with Gasteiger partial charge in [0.25, 0.3) is 5.91 Å². The molecule has 1 aliphatic rings. The van der Waals surface area contributed by atoms with Crippen molar-refractivity contribution in [3.05, 3.63) is 35.9 Å². The van der Waals surface area contributed by atoms with Crippen LogP contribution in [0.2, 0.25) is 0 Å². The van der Waals surface area contributed by atoms with Gasteiger partial charge in [-0.1, -0.05) is 45.0 Å². The molecule has 0 unspecified atom stereocenters. The van der Waals surface area contributed by atoms with E-state index < -0.39 is 0 Å². The van der Waals surface area contributed by atoms with Gasteiger partial charge in [0, 0.05) is 36.0 Å². The van der Waals surface area contributed by atoms with E-state index in [1.165, 1.54) is 5.69 Å². The largest absolute Gasteiger partial charge is 0.367 e. The first-order valence-electron chi connectivity index (χ1n) is 8.13. The number of benzene rings is 1. The highest BCUT2D eigenvalue weighted by Gasteiger charge is 2.23. The first-order chi connectivity index (χ1) is 10.3. The summed E-state index contributed by atoms with van der Waals surface area (Å²) < 4.78 is 0. The Bertz CT molecular complexity index is 567. The van der Waals surface area contributed by atoms with Crippen LogP contribution in [-0.4, -0.2) is 25.0 Å². The highest BCUT2D eigenvalue weighted by molar-refractivity contribution is 6.21. The maximum absolute atomic E-state index is 12.4. The normalized spacial score (nSPS) is 14.6. The van der Waals surface area contributed by atoms with Crippen molar-refractivity contribution in [2.24, 2.45) is 5.41 Å². The smallest absolute Gasteiger partial charge is 0.251 e. The minimum absolute atomic E-state index is 0.0259. The summed E-state index contributed by atoms with van der Waals surface area (Å²) >= 11 is 0. The molecular weight excluding hydrogens is 272 g/mol. The maximum Gasteiger partial charge on any atom is 0.251 e. The van der Waals surface area contributed by atoms with Gasteiger partial charge in [0.05, 0.1) is 0 Å². The highest BCUT2D eigenvalue weighted by Crippen LogP contribution is 2.32. The van der Waals surface area contributed by atoms with Gasteiger partial charge in [-0.15, -0.1) is 0 Å². The van der Waals surface area contributed by atoms with Crippen molar-refractivity contribution in [2.45, 2.75) is 47.1 Å². The van der Waals surface area contributed by atoms with E-state index in [1.54, 1.807) is 0 Å². The minimum Gasteiger partial charge on any atom is -0.367 e. The molecule has 120 valence electrons. The van der Waals surface area contributed by atoms with Crippen LogP contribution in [0.1, 0.15) is 46.6 Å². The number of amides is 1. The molecule has 1 amide bonds. The van der Waals surface area contributed by atoms with Crippen LogP contribution in [-0.2, 0) is 4.79 Å². The molecule has 1 heterocycles. The topological polar surface area (TPSA) is 32.3 Å². The number of hydrogen-bond acceptors (Lipinski definition) is 2. The molecule has 0 radical (unpaired) electrons. The van der Waals surface area contributed by atoms with Crippen LogP contribution < -0.4 is 10.2 Å². The fourth-order valence-corrected chi connectivity index (χ4v) is 2.62. The van der Waals surface area contributed by atoms with Gasteiger partial charge in [-0.3, -0.25) is 4.79 Å². The molecule has 0 bridgehead atoms. The van der Waals surface area contributed by atoms with Gasteiger partial charge in [0.15, 0.2) is 0 Å². The lowest BCUT2D eigenvalue weighted by molar-refractivity contribution is -0.116. The number of nitrogens with zero attached hydrogens (tertiary/aromatic N) is 1. The molecule has 0 aromatic heterocycles. The van der Waals surface area contributed by atoms with Gasteiger partial charge < -0.3 is 10.2 Å². The van der Waals surface area contributed by atoms with E-state index in [4.69, 9.17) is 0 Å². The number of anilines is 1. The van der Waals surface area contributed by atoms with E-state index in [-0.39, 0.29) is 11.9 Å². The Morgan fingerprint density at radius 2 is 1.95 bits per heavy atom. The van der Waals surface area contributed by atoms with Crippen LogP contribution in [0.3, 0.4) is 0 Å². The van der Waals surface area contributed by atoms with E-state index in [0.29, 0.717) is 5.41 Å². The molecule has 0 saturated heterocycles. The molecule has 0 saturated carbocycles. The molecule has 1 aliphatic heterocycles. The molecule has 1 aromatic rings. The third-order valence-corrected chi connectivity index (χ3v) is 3.85. The first kappa shape index (κ1) is 16.6. The second-order valence-electron chi connectivity index (χ2n) is 7.52. The molecular formula is C19H28N2O. The van der Waals surface area contributed by atoms with Crippen LogP contribution in [0.5, 0.6) is 0 Å². The quantitative estimate of drug-likeness (QED) is 0.916. The van der Waals surface area contributed by atoms with Crippen LogP contribution in [0.4, 0.5) is 5.69 Å². The summed E-state index contributed by atoms with van der Waals surface area (Å²) in [5.41, 5.74) is 3.33. The lowest BCUT2D eigenvalue weighted by Gasteiger charge is -2.33. The van der Waals surface area contributed by atoms with Crippen molar-refractivity contribution in [1.29, 1.82) is 0 Å². The van der Waals surface area contributed by atoms with Gasteiger partial charge >= 0.3 is 0 Å². The predicted octanol–water partition coefficient (Wildman–Crippen LogP) is 3.85. The monoisotopic (exact) mass is 300 g/mol. The Kier molecular flexibility index (Phi) is 4.94. The first-order valence-corrected chi connectivity index (χ1v) is 8.13. The van der Waals surface area contributed by atoms with Crippen molar-refractivity contribution in [3.8, 4) is 0 Å². The summed E-state index contributed by atoms with van der Waals surface area (Å²) in [7, 11) is 0. The van der Waals surface area contributed by atoms with E-state index in [1.807, 2.05) is 32.0 Å². The molecule has 0 atom stereocenters. The lowest BCUT2D eigenvalue weighted by atomic mass is 9.91. The average molecular weight is 300 g/mol. The Labute approximate surface area is 134 Å². The standard InChI is InChI=1S/C19H28N2O/c1-14(2)20-18(22)16-10-12-21(13-11-19(3,4)5)17-9-7-6-8-15(16)17/h6-10,14H,11-13H2,1-5H3,(H,20,22). The number of para-hydroxylation sites is 1. The molecule has 0 aliphatic carbocycles. The van der Waals surface area contributed by atoms with Gasteiger partial charge in [-0.25, -0.2) is 0 Å². The third kappa shape index (κ3) is 4.12. The molecule has 0 fully saturated rings. The summed E-state index contributed by atoms with van der Waals surface area (Å²) in [6, 6.07) is 8.37. The van der Waals surface area contributed by atoms with Crippen LogP contribution in [0.25, 0.3) is 5.57 Å². The second-order valence-corrected chi connectivity index (χ2v) is 7.52. The van der Waals surface area contributed by atoms with Gasteiger partial charge in [0.1, 0.15) is 0 Å². The van der Waals surface area contributed by atoms with E-state index in [9.17, 15) is 4.79 Å². The molecule has 22 heavy (non-hydrogen) atoms. The van der Waals surface area contributed by atoms with E-state index in [0.717, 1.165) is 30.6 Å². The highest BCUT2D eigenvalue weighted by atomic mass is 16.1. The number of carbonyl (C=O) groups is 1. The van der Waals surface area contributed by atoms with Crippen molar-refractivity contribution in [3.63, 3.8) is 0 Å². The van der Waals surface area contributed by atoms with E-state index >= 15 is 0 Å². The zero-order valence-corrected chi connectivity index (χ0v) is 14.4. The molecule has 1 aromatic carbocycles. The third-order valence-electron chi connectivity index (χ3n) is 3.85. The lowest BCUT2D eigenvalue weighted by Crippen LogP contribution is -2.35. The molecule has 1 N–H and O–H groups in total. The summed E-state index contributed by atoms with van der Waals surface area (Å²) in [5.74, 6) is 0.0259. The molecule has 2 rings (SSSR count). The average Bonchev–Trinajstić information content (AvgIpc) is 2.43. The number of nitrogens with one attached hydrogen (secondary N) is 1. The van der Waals surface area contributed by atoms with Crippen LogP contribution in [0, 0.1) is 5.41 Å². The Morgan fingerprint density at radius 1 is 1.27 bits per heavy atom. The Hall–Kier alpha value is -1.77. The maximum atomic E-state index is 12.4.